The van der Waals surface area contributed by atoms with Crippen LogP contribution in [0.5, 0.6) is 0 Å². The molecular formula is C29H35ClN6O3. The molecule has 2 N–H and O–H groups in total. The maximum atomic E-state index is 12.1. The Kier molecular flexibility index (Phi) is 7.05. The lowest BCUT2D eigenvalue weighted by molar-refractivity contribution is -0.0322. The summed E-state index contributed by atoms with van der Waals surface area (Å²) >= 11 is 6.41. The molecule has 6 rings (SSSR count). The van der Waals surface area contributed by atoms with Crippen LogP contribution < -0.4 is 5.76 Å². The van der Waals surface area contributed by atoms with Crippen LogP contribution >= 0.6 is 11.6 Å². The molecule has 0 aliphatic heterocycles. The van der Waals surface area contributed by atoms with Crippen molar-refractivity contribution in [2.75, 3.05) is 0 Å². The molecule has 1 unspecified atom stereocenters. The molecule has 0 bridgehead atoms. The molecule has 2 saturated carbocycles. The average Bonchev–Trinajstić information content (AvgIpc) is 3.54. The summed E-state index contributed by atoms with van der Waals surface area (Å²) in [7, 11) is 0. The number of halogens is 1. The Morgan fingerprint density at radius 2 is 1.87 bits per heavy atom. The minimum atomic E-state index is -1.13. The third kappa shape index (κ3) is 5.14. The highest BCUT2D eigenvalue weighted by Crippen LogP contribution is 2.42. The van der Waals surface area contributed by atoms with Crippen molar-refractivity contribution >= 4 is 22.8 Å². The number of hydrogen-bond donors (Lipinski definition) is 2. The van der Waals surface area contributed by atoms with E-state index in [1.54, 1.807) is 0 Å². The quantitative estimate of drug-likeness (QED) is 0.297. The van der Waals surface area contributed by atoms with Crippen LogP contribution in [0.3, 0.4) is 0 Å². The fourth-order valence-corrected chi connectivity index (χ4v) is 6.68. The van der Waals surface area contributed by atoms with Crippen LogP contribution in [0.1, 0.15) is 77.5 Å². The molecule has 3 aromatic heterocycles. The van der Waals surface area contributed by atoms with E-state index >= 15 is 0 Å². The lowest BCUT2D eigenvalue weighted by Crippen LogP contribution is -2.37. The minimum absolute atomic E-state index is 0.113. The Morgan fingerprint density at radius 1 is 1.10 bits per heavy atom. The van der Waals surface area contributed by atoms with Gasteiger partial charge in [-0.1, -0.05) is 67.9 Å². The first kappa shape index (κ1) is 26.2. The fourth-order valence-electron chi connectivity index (χ4n) is 6.49. The molecular weight excluding hydrogens is 516 g/mol. The van der Waals surface area contributed by atoms with Crippen LogP contribution in [0.15, 0.2) is 33.6 Å². The van der Waals surface area contributed by atoms with Gasteiger partial charge in [-0.15, -0.1) is 0 Å². The fraction of sp³-hybridized carbons (Fsp3) is 0.552. The van der Waals surface area contributed by atoms with Gasteiger partial charge in [-0.25, -0.2) is 19.7 Å². The maximum Gasteiger partial charge on any atom is 0.439 e. The minimum Gasteiger partial charge on any atom is -0.382 e. The summed E-state index contributed by atoms with van der Waals surface area (Å²) in [5, 5.41) is 16.5. The summed E-state index contributed by atoms with van der Waals surface area (Å²) in [5.74, 6) is 1.59. The van der Waals surface area contributed by atoms with Gasteiger partial charge in [0.25, 0.3) is 0 Å². The average molecular weight is 551 g/mol. The van der Waals surface area contributed by atoms with E-state index in [9.17, 15) is 9.90 Å². The van der Waals surface area contributed by atoms with Gasteiger partial charge < -0.3 is 9.67 Å². The van der Waals surface area contributed by atoms with Gasteiger partial charge in [0.1, 0.15) is 22.6 Å². The Hall–Kier alpha value is -3.04. The summed E-state index contributed by atoms with van der Waals surface area (Å²) < 4.78 is 6.92. The van der Waals surface area contributed by atoms with Gasteiger partial charge in [-0.3, -0.25) is 9.51 Å². The summed E-state index contributed by atoms with van der Waals surface area (Å²) in [6.07, 6.45) is 10.0. The van der Waals surface area contributed by atoms with E-state index in [4.69, 9.17) is 31.1 Å². The van der Waals surface area contributed by atoms with Gasteiger partial charge in [-0.2, -0.15) is 0 Å². The van der Waals surface area contributed by atoms with E-state index in [1.807, 2.05) is 31.2 Å². The molecule has 2 aliphatic carbocycles. The summed E-state index contributed by atoms with van der Waals surface area (Å²) in [4.78, 5) is 28.9. The molecule has 0 spiro atoms. The summed E-state index contributed by atoms with van der Waals surface area (Å²) in [6, 6.07) is 7.50. The second-order valence-electron chi connectivity index (χ2n) is 11.7. The molecule has 4 aromatic rings. The van der Waals surface area contributed by atoms with Crippen LogP contribution in [0.2, 0.25) is 5.02 Å². The number of fused-ring (bicyclic) bond motifs is 1. The van der Waals surface area contributed by atoms with E-state index in [2.05, 4.69) is 21.6 Å². The molecule has 0 radical (unpaired) electrons. The first-order valence-corrected chi connectivity index (χ1v) is 14.5. The highest BCUT2D eigenvalue weighted by Gasteiger charge is 2.40. The van der Waals surface area contributed by atoms with Gasteiger partial charge >= 0.3 is 5.76 Å². The van der Waals surface area contributed by atoms with Crippen molar-refractivity contribution < 1.29 is 9.63 Å². The Labute approximate surface area is 232 Å². The molecule has 1 aromatic carbocycles. The maximum absolute atomic E-state index is 12.1. The molecule has 206 valence electrons. The first-order valence-electron chi connectivity index (χ1n) is 14.1. The zero-order valence-electron chi connectivity index (χ0n) is 22.5. The van der Waals surface area contributed by atoms with Crippen LogP contribution in [-0.4, -0.2) is 34.8 Å². The Morgan fingerprint density at radius 3 is 2.56 bits per heavy atom. The number of nitrogens with one attached hydrogen (secondary N) is 1. The molecule has 3 heterocycles. The Balaban J connectivity index is 1.58. The third-order valence-electron chi connectivity index (χ3n) is 8.78. The number of rotatable bonds is 6. The second-order valence-corrected chi connectivity index (χ2v) is 12.1. The molecule has 10 heteroatoms. The normalized spacial score (nSPS) is 22.3. The number of benzene rings is 1. The van der Waals surface area contributed by atoms with Crippen LogP contribution in [-0.2, 0) is 12.1 Å². The molecule has 0 saturated heterocycles. The van der Waals surface area contributed by atoms with Crippen LogP contribution in [0.25, 0.3) is 34.1 Å². The van der Waals surface area contributed by atoms with Crippen molar-refractivity contribution in [3.63, 3.8) is 0 Å². The van der Waals surface area contributed by atoms with Crippen LogP contribution in [0.4, 0.5) is 0 Å². The molecule has 2 fully saturated rings. The van der Waals surface area contributed by atoms with E-state index in [1.165, 1.54) is 19.3 Å². The van der Waals surface area contributed by atoms with Crippen molar-refractivity contribution in [1.29, 1.82) is 0 Å². The van der Waals surface area contributed by atoms with Gasteiger partial charge in [0.05, 0.1) is 0 Å². The molecule has 0 amide bonds. The monoisotopic (exact) mass is 550 g/mol. The summed E-state index contributed by atoms with van der Waals surface area (Å²) in [5.41, 5.74) is 1.51. The number of aromatic amines is 1. The second kappa shape index (κ2) is 10.5. The summed E-state index contributed by atoms with van der Waals surface area (Å²) in [6.45, 7) is 4.97. The highest BCUT2D eigenvalue weighted by atomic mass is 35.5. The zero-order valence-corrected chi connectivity index (χ0v) is 23.2. The zero-order chi connectivity index (χ0) is 27.1. The number of H-pyrrole nitrogens is 1. The number of imidazole rings is 1. The lowest BCUT2D eigenvalue weighted by atomic mass is 9.77. The Bertz CT molecular complexity index is 1530. The van der Waals surface area contributed by atoms with Crippen molar-refractivity contribution in [3.8, 4) is 22.9 Å². The number of hydrogen-bond acceptors (Lipinski definition) is 7. The number of aromatic nitrogens is 6. The SMILES string of the molecule is CC1CCC(Cn2c(C(C)(O)C3CCCCC3)nc3nc(-c4noc(=O)[nH]4)nc(-c4cccc(Cl)c4)c32)CC1. The number of nitrogens with zero attached hydrogens (tertiary/aromatic N) is 5. The first-order chi connectivity index (χ1) is 18.8. The standard InChI is InChI=1S/C29H35ClN6O3/c1-17-11-13-18(14-12-17)16-36-23-22(19-7-6-10-21(30)15-19)31-25(26-34-28(37)39-35-26)32-24(23)33-27(36)29(2,38)20-8-4-3-5-9-20/h6-7,10,15,17-18,20,38H,3-5,8-9,11-14,16H2,1-2H3,(H,34,35,37). The predicted octanol–water partition coefficient (Wildman–Crippen LogP) is 6.10. The van der Waals surface area contributed by atoms with Crippen molar-refractivity contribution in [3.05, 3.63) is 45.7 Å². The van der Waals surface area contributed by atoms with Crippen molar-refractivity contribution in [1.82, 2.24) is 29.7 Å². The highest BCUT2D eigenvalue weighted by molar-refractivity contribution is 6.30. The number of aliphatic hydroxyl groups is 1. The lowest BCUT2D eigenvalue weighted by Gasteiger charge is -2.36. The van der Waals surface area contributed by atoms with E-state index in [-0.39, 0.29) is 17.6 Å². The molecule has 9 nitrogen and oxygen atoms in total. The van der Waals surface area contributed by atoms with Gasteiger partial charge in [0.2, 0.25) is 11.6 Å². The topological polar surface area (TPSA) is 123 Å². The van der Waals surface area contributed by atoms with Gasteiger partial charge in [0, 0.05) is 17.1 Å². The van der Waals surface area contributed by atoms with E-state index in [0.29, 0.717) is 28.1 Å². The molecule has 1 atom stereocenters. The van der Waals surface area contributed by atoms with Gasteiger partial charge in [-0.05, 0) is 62.5 Å². The third-order valence-corrected chi connectivity index (χ3v) is 9.02. The molecule has 2 aliphatic rings. The van der Waals surface area contributed by atoms with Crippen LogP contribution in [0, 0.1) is 17.8 Å². The largest absolute Gasteiger partial charge is 0.439 e. The van der Waals surface area contributed by atoms with E-state index in [0.717, 1.165) is 62.1 Å². The van der Waals surface area contributed by atoms with Gasteiger partial charge in [0.15, 0.2) is 5.65 Å². The van der Waals surface area contributed by atoms with E-state index < -0.39 is 11.4 Å². The van der Waals surface area contributed by atoms with Crippen molar-refractivity contribution in [2.24, 2.45) is 17.8 Å². The van der Waals surface area contributed by atoms with Crippen molar-refractivity contribution in [2.45, 2.75) is 83.8 Å². The molecule has 39 heavy (non-hydrogen) atoms. The smallest absolute Gasteiger partial charge is 0.382 e. The predicted molar refractivity (Wildman–Crippen MR) is 149 cm³/mol.